The Morgan fingerprint density at radius 3 is 2.83 bits per heavy atom. The number of nitrogens with zero attached hydrogens (tertiary/aromatic N) is 1. The Labute approximate surface area is 147 Å². The first-order chi connectivity index (χ1) is 11.0. The summed E-state index contributed by atoms with van der Waals surface area (Å²) in [5.74, 6) is 0.0519. The molecule has 0 unspecified atom stereocenters. The minimum atomic E-state index is -3.45. The molecule has 2 aliphatic rings. The van der Waals surface area contributed by atoms with Crippen LogP contribution in [0.2, 0.25) is 10.0 Å². The Bertz CT molecular complexity index is 663. The van der Waals surface area contributed by atoms with E-state index in [4.69, 9.17) is 27.9 Å². The molecule has 4 nitrogen and oxygen atoms in total. The topological polar surface area (TPSA) is 46.6 Å². The molecule has 7 heteroatoms. The SMILES string of the molecule is O=S(=O)(CCN1CCO[C@@H]2CCCC[C@@H]21)c1cc(Cl)ccc1Cl. The van der Waals surface area contributed by atoms with E-state index in [0.29, 0.717) is 24.2 Å². The van der Waals surface area contributed by atoms with Crippen LogP contribution in [-0.2, 0) is 14.6 Å². The maximum Gasteiger partial charge on any atom is 0.181 e. The molecule has 0 aromatic heterocycles. The lowest BCUT2D eigenvalue weighted by Gasteiger charge is -2.43. The fourth-order valence-corrected chi connectivity index (χ4v) is 5.59. The van der Waals surface area contributed by atoms with Crippen molar-refractivity contribution in [3.63, 3.8) is 0 Å². The molecule has 0 N–H and O–H groups in total. The second-order valence-corrected chi connectivity index (χ2v) is 9.11. The lowest BCUT2D eigenvalue weighted by Crippen LogP contribution is -2.53. The molecular formula is C16H21Cl2NO3S. The van der Waals surface area contributed by atoms with Crippen molar-refractivity contribution in [2.45, 2.75) is 42.7 Å². The summed E-state index contributed by atoms with van der Waals surface area (Å²) < 4.78 is 31.0. The minimum absolute atomic E-state index is 0.0519. The lowest BCUT2D eigenvalue weighted by molar-refractivity contribution is -0.0859. The van der Waals surface area contributed by atoms with Crippen LogP contribution in [0.1, 0.15) is 25.7 Å². The predicted molar refractivity (Wildman–Crippen MR) is 92.1 cm³/mol. The summed E-state index contributed by atoms with van der Waals surface area (Å²) in [6.07, 6.45) is 4.81. The van der Waals surface area contributed by atoms with Gasteiger partial charge >= 0.3 is 0 Å². The monoisotopic (exact) mass is 377 g/mol. The molecule has 3 rings (SSSR count). The third-order valence-electron chi connectivity index (χ3n) is 4.72. The number of rotatable bonds is 4. The summed E-state index contributed by atoms with van der Waals surface area (Å²) in [6, 6.07) is 4.91. The highest BCUT2D eigenvalue weighted by Gasteiger charge is 2.34. The van der Waals surface area contributed by atoms with Crippen molar-refractivity contribution in [3.8, 4) is 0 Å². The van der Waals surface area contributed by atoms with Gasteiger partial charge in [0.15, 0.2) is 9.84 Å². The summed E-state index contributed by atoms with van der Waals surface area (Å²) in [7, 11) is -3.45. The zero-order valence-corrected chi connectivity index (χ0v) is 15.2. The van der Waals surface area contributed by atoms with E-state index < -0.39 is 9.84 Å². The van der Waals surface area contributed by atoms with Crippen LogP contribution in [0.25, 0.3) is 0 Å². The second kappa shape index (κ2) is 7.28. The third kappa shape index (κ3) is 4.02. The van der Waals surface area contributed by atoms with Gasteiger partial charge in [0.2, 0.25) is 0 Å². The van der Waals surface area contributed by atoms with E-state index in [2.05, 4.69) is 4.90 Å². The van der Waals surface area contributed by atoms with Gasteiger partial charge < -0.3 is 4.74 Å². The quantitative estimate of drug-likeness (QED) is 0.806. The van der Waals surface area contributed by atoms with Gasteiger partial charge in [-0.05, 0) is 31.0 Å². The Kier molecular flexibility index (Phi) is 5.53. The molecule has 2 fully saturated rings. The average molecular weight is 378 g/mol. The minimum Gasteiger partial charge on any atom is -0.375 e. The van der Waals surface area contributed by atoms with Crippen molar-refractivity contribution < 1.29 is 13.2 Å². The number of hydrogen-bond donors (Lipinski definition) is 0. The molecule has 1 aliphatic carbocycles. The first kappa shape index (κ1) is 17.5. The van der Waals surface area contributed by atoms with Gasteiger partial charge in [-0.2, -0.15) is 0 Å². The van der Waals surface area contributed by atoms with Gasteiger partial charge in [-0.15, -0.1) is 0 Å². The van der Waals surface area contributed by atoms with Crippen molar-refractivity contribution in [3.05, 3.63) is 28.2 Å². The number of ether oxygens (including phenoxy) is 1. The fourth-order valence-electron chi connectivity index (χ4n) is 3.52. The Balaban J connectivity index is 1.70. The number of morpholine rings is 1. The maximum absolute atomic E-state index is 12.6. The molecule has 0 radical (unpaired) electrons. The zero-order valence-electron chi connectivity index (χ0n) is 12.9. The van der Waals surface area contributed by atoms with Gasteiger partial charge in [-0.3, -0.25) is 4.90 Å². The van der Waals surface area contributed by atoms with E-state index in [9.17, 15) is 8.42 Å². The predicted octanol–water partition coefficient (Wildman–Crippen LogP) is 3.41. The normalized spacial score (nSPS) is 26.0. The molecular weight excluding hydrogens is 357 g/mol. The molecule has 1 saturated carbocycles. The van der Waals surface area contributed by atoms with Gasteiger partial charge in [0.05, 0.1) is 28.4 Å². The first-order valence-corrected chi connectivity index (χ1v) is 10.4. The van der Waals surface area contributed by atoms with Gasteiger partial charge in [-0.1, -0.05) is 36.0 Å². The van der Waals surface area contributed by atoms with Crippen LogP contribution in [0, 0.1) is 0 Å². The number of benzene rings is 1. The van der Waals surface area contributed by atoms with Crippen LogP contribution in [-0.4, -0.2) is 50.9 Å². The largest absolute Gasteiger partial charge is 0.375 e. The van der Waals surface area contributed by atoms with Crippen LogP contribution in [0.15, 0.2) is 23.1 Å². The molecule has 23 heavy (non-hydrogen) atoms. The molecule has 2 atom stereocenters. The molecule has 1 aliphatic heterocycles. The van der Waals surface area contributed by atoms with E-state index in [1.54, 1.807) is 6.07 Å². The van der Waals surface area contributed by atoms with Gasteiger partial charge in [0, 0.05) is 24.2 Å². The molecule has 1 aromatic carbocycles. The average Bonchev–Trinajstić information content (AvgIpc) is 2.55. The Morgan fingerprint density at radius 2 is 2.00 bits per heavy atom. The van der Waals surface area contributed by atoms with Gasteiger partial charge in [-0.25, -0.2) is 8.42 Å². The van der Waals surface area contributed by atoms with Crippen molar-refractivity contribution in [1.29, 1.82) is 0 Å². The Hall–Kier alpha value is -0.330. The van der Waals surface area contributed by atoms with Crippen LogP contribution < -0.4 is 0 Å². The van der Waals surface area contributed by atoms with Crippen molar-refractivity contribution in [1.82, 2.24) is 4.90 Å². The van der Waals surface area contributed by atoms with Crippen LogP contribution in [0.5, 0.6) is 0 Å². The smallest absolute Gasteiger partial charge is 0.181 e. The second-order valence-electron chi connectivity index (χ2n) is 6.19. The number of fused-ring (bicyclic) bond motifs is 1. The summed E-state index contributed by atoms with van der Waals surface area (Å²) in [4.78, 5) is 2.39. The molecule has 1 saturated heterocycles. The number of halogens is 2. The van der Waals surface area contributed by atoms with Crippen molar-refractivity contribution >= 4 is 33.0 Å². The van der Waals surface area contributed by atoms with Crippen molar-refractivity contribution in [2.24, 2.45) is 0 Å². The third-order valence-corrected chi connectivity index (χ3v) is 7.13. The highest BCUT2D eigenvalue weighted by molar-refractivity contribution is 7.91. The summed E-state index contributed by atoms with van der Waals surface area (Å²) in [6.45, 7) is 1.98. The summed E-state index contributed by atoms with van der Waals surface area (Å²) >= 11 is 12.0. The van der Waals surface area contributed by atoms with Crippen LogP contribution >= 0.6 is 23.2 Å². The fraction of sp³-hybridized carbons (Fsp3) is 0.625. The van der Waals surface area contributed by atoms with Crippen LogP contribution in [0.4, 0.5) is 0 Å². The number of hydrogen-bond acceptors (Lipinski definition) is 4. The lowest BCUT2D eigenvalue weighted by atomic mass is 9.90. The van der Waals surface area contributed by atoms with E-state index in [-0.39, 0.29) is 21.8 Å². The highest BCUT2D eigenvalue weighted by Crippen LogP contribution is 2.29. The van der Waals surface area contributed by atoms with E-state index in [1.165, 1.54) is 25.0 Å². The highest BCUT2D eigenvalue weighted by atomic mass is 35.5. The van der Waals surface area contributed by atoms with E-state index in [1.807, 2.05) is 0 Å². The molecule has 0 amide bonds. The van der Waals surface area contributed by atoms with E-state index in [0.717, 1.165) is 19.4 Å². The van der Waals surface area contributed by atoms with Crippen molar-refractivity contribution in [2.75, 3.05) is 25.4 Å². The summed E-state index contributed by atoms with van der Waals surface area (Å²) in [5.41, 5.74) is 0. The molecule has 128 valence electrons. The maximum atomic E-state index is 12.6. The molecule has 1 heterocycles. The molecule has 1 aromatic rings. The Morgan fingerprint density at radius 1 is 1.22 bits per heavy atom. The summed E-state index contributed by atoms with van der Waals surface area (Å²) in [5, 5.41) is 0.610. The van der Waals surface area contributed by atoms with Crippen LogP contribution in [0.3, 0.4) is 0 Å². The zero-order chi connectivity index (χ0) is 16.4. The standard InChI is InChI=1S/C16H21Cl2NO3S/c17-12-5-6-13(18)16(11-12)23(20,21)10-8-19-7-9-22-15-4-2-1-3-14(15)19/h5-6,11,14-15H,1-4,7-10H2/t14-,15+/m0/s1. The molecule has 0 spiro atoms. The van der Waals surface area contributed by atoms with Gasteiger partial charge in [0.1, 0.15) is 0 Å². The molecule has 0 bridgehead atoms. The van der Waals surface area contributed by atoms with Gasteiger partial charge in [0.25, 0.3) is 0 Å². The van der Waals surface area contributed by atoms with E-state index >= 15 is 0 Å². The first-order valence-electron chi connectivity index (χ1n) is 8.01. The number of sulfone groups is 1.